The van der Waals surface area contributed by atoms with E-state index in [0.717, 1.165) is 0 Å². The smallest absolute Gasteiger partial charge is 0.170 e. The normalized spacial score (nSPS) is 10.4. The van der Waals surface area contributed by atoms with Crippen LogP contribution in [0.4, 0.5) is 4.39 Å². The zero-order valence-corrected chi connectivity index (χ0v) is 12.1. The van der Waals surface area contributed by atoms with Crippen molar-refractivity contribution in [2.24, 2.45) is 0 Å². The van der Waals surface area contributed by atoms with Crippen molar-refractivity contribution in [2.75, 3.05) is 7.11 Å². The zero-order chi connectivity index (χ0) is 14.7. The van der Waals surface area contributed by atoms with Gasteiger partial charge in [0, 0.05) is 11.4 Å². The molecular weight excluding hydrogens is 302 g/mol. The van der Waals surface area contributed by atoms with Crippen molar-refractivity contribution in [3.05, 3.63) is 63.4 Å². The molecule has 0 amide bonds. The molecule has 104 valence electrons. The predicted octanol–water partition coefficient (Wildman–Crippen LogP) is 4.57. The van der Waals surface area contributed by atoms with Gasteiger partial charge in [0.15, 0.2) is 5.78 Å². The SMILES string of the molecule is COc1cc(Cl)ccc1C(=O)Cc1ccc(F)c(Cl)c1. The van der Waals surface area contributed by atoms with Crippen molar-refractivity contribution in [1.82, 2.24) is 0 Å². The molecule has 2 nitrogen and oxygen atoms in total. The first kappa shape index (κ1) is 14.8. The van der Waals surface area contributed by atoms with Crippen LogP contribution in [0.3, 0.4) is 0 Å². The summed E-state index contributed by atoms with van der Waals surface area (Å²) in [6.07, 6.45) is 0.109. The molecule has 0 saturated heterocycles. The van der Waals surface area contributed by atoms with Gasteiger partial charge in [0.25, 0.3) is 0 Å². The Bertz CT molecular complexity index is 656. The molecule has 0 N–H and O–H groups in total. The molecule has 0 aromatic heterocycles. The Morgan fingerprint density at radius 3 is 2.60 bits per heavy atom. The van der Waals surface area contributed by atoms with Crippen LogP contribution in [-0.4, -0.2) is 12.9 Å². The highest BCUT2D eigenvalue weighted by Crippen LogP contribution is 2.25. The minimum atomic E-state index is -0.507. The van der Waals surface area contributed by atoms with Gasteiger partial charge in [0.2, 0.25) is 0 Å². The molecule has 2 aromatic carbocycles. The maximum absolute atomic E-state index is 13.1. The summed E-state index contributed by atoms with van der Waals surface area (Å²) in [6, 6.07) is 9.01. The number of ketones is 1. The molecule has 0 aliphatic rings. The summed E-state index contributed by atoms with van der Waals surface area (Å²) in [5, 5.41) is 0.488. The Hall–Kier alpha value is -1.58. The van der Waals surface area contributed by atoms with E-state index in [0.29, 0.717) is 21.9 Å². The standard InChI is InChI=1S/C15H11Cl2FO2/c1-20-15-8-10(16)3-4-11(15)14(19)7-9-2-5-13(18)12(17)6-9/h2-6,8H,7H2,1H3. The number of Topliss-reactive ketones (excluding diaryl/α,β-unsaturated/α-hetero) is 1. The lowest BCUT2D eigenvalue weighted by Gasteiger charge is -2.08. The van der Waals surface area contributed by atoms with Crippen LogP contribution in [0, 0.1) is 5.82 Å². The fourth-order valence-electron chi connectivity index (χ4n) is 1.83. The highest BCUT2D eigenvalue weighted by atomic mass is 35.5. The Kier molecular flexibility index (Phi) is 4.63. The van der Waals surface area contributed by atoms with E-state index in [4.69, 9.17) is 27.9 Å². The van der Waals surface area contributed by atoms with Crippen LogP contribution >= 0.6 is 23.2 Å². The molecule has 0 unspecified atom stereocenters. The van der Waals surface area contributed by atoms with E-state index in [9.17, 15) is 9.18 Å². The molecule has 2 aromatic rings. The third-order valence-electron chi connectivity index (χ3n) is 2.81. The molecule has 0 aliphatic heterocycles. The summed E-state index contributed by atoms with van der Waals surface area (Å²) in [6.45, 7) is 0. The average Bonchev–Trinajstić information content (AvgIpc) is 2.42. The topological polar surface area (TPSA) is 26.3 Å². The van der Waals surface area contributed by atoms with Crippen molar-refractivity contribution < 1.29 is 13.9 Å². The third kappa shape index (κ3) is 3.30. The summed E-state index contributed by atoms with van der Waals surface area (Å²) in [7, 11) is 1.47. The van der Waals surface area contributed by atoms with Crippen LogP contribution in [0.1, 0.15) is 15.9 Å². The summed E-state index contributed by atoms with van der Waals surface area (Å²) in [4.78, 5) is 12.2. The van der Waals surface area contributed by atoms with Gasteiger partial charge in [-0.25, -0.2) is 4.39 Å². The first-order valence-corrected chi connectivity index (χ1v) is 6.57. The van der Waals surface area contributed by atoms with Crippen molar-refractivity contribution >= 4 is 29.0 Å². The molecule has 20 heavy (non-hydrogen) atoms. The van der Waals surface area contributed by atoms with E-state index < -0.39 is 5.82 Å². The second-order valence-corrected chi connectivity index (χ2v) is 5.04. The summed E-state index contributed by atoms with van der Waals surface area (Å²) < 4.78 is 18.2. The van der Waals surface area contributed by atoms with Crippen LogP contribution in [0.2, 0.25) is 10.0 Å². The summed E-state index contributed by atoms with van der Waals surface area (Å²) >= 11 is 11.5. The molecule has 0 radical (unpaired) electrons. The lowest BCUT2D eigenvalue weighted by atomic mass is 10.0. The summed E-state index contributed by atoms with van der Waals surface area (Å²) in [5.74, 6) is -0.246. The second-order valence-electron chi connectivity index (χ2n) is 4.19. The van der Waals surface area contributed by atoms with Crippen molar-refractivity contribution in [3.8, 4) is 5.75 Å². The van der Waals surface area contributed by atoms with E-state index >= 15 is 0 Å². The molecule has 0 atom stereocenters. The second kappa shape index (κ2) is 6.25. The van der Waals surface area contributed by atoms with Crippen LogP contribution < -0.4 is 4.74 Å². The van der Waals surface area contributed by atoms with Gasteiger partial charge in [-0.05, 0) is 35.9 Å². The lowest BCUT2D eigenvalue weighted by molar-refractivity contribution is 0.0990. The first-order valence-electron chi connectivity index (χ1n) is 5.82. The van der Waals surface area contributed by atoms with Gasteiger partial charge < -0.3 is 4.74 Å². The number of hydrogen-bond donors (Lipinski definition) is 0. The molecule has 0 aliphatic carbocycles. The van der Waals surface area contributed by atoms with Crippen LogP contribution in [0.5, 0.6) is 5.75 Å². The lowest BCUT2D eigenvalue weighted by Crippen LogP contribution is -2.06. The van der Waals surface area contributed by atoms with Crippen LogP contribution in [-0.2, 0) is 6.42 Å². The number of methoxy groups -OCH3 is 1. The number of rotatable bonds is 4. The molecule has 5 heteroatoms. The predicted molar refractivity (Wildman–Crippen MR) is 77.4 cm³/mol. The monoisotopic (exact) mass is 312 g/mol. The molecule has 0 fully saturated rings. The van der Waals surface area contributed by atoms with Gasteiger partial charge >= 0.3 is 0 Å². The largest absolute Gasteiger partial charge is 0.496 e. The number of hydrogen-bond acceptors (Lipinski definition) is 2. The van der Waals surface area contributed by atoms with Crippen LogP contribution in [0.25, 0.3) is 0 Å². The van der Waals surface area contributed by atoms with E-state index in [1.54, 1.807) is 18.2 Å². The minimum Gasteiger partial charge on any atom is -0.496 e. The number of carbonyl (C=O) groups is 1. The highest BCUT2D eigenvalue weighted by molar-refractivity contribution is 6.31. The Morgan fingerprint density at radius 2 is 1.95 bits per heavy atom. The highest BCUT2D eigenvalue weighted by Gasteiger charge is 2.14. The zero-order valence-electron chi connectivity index (χ0n) is 10.6. The fraction of sp³-hybridized carbons (Fsp3) is 0.133. The van der Waals surface area contributed by atoms with E-state index in [1.807, 2.05) is 0 Å². The average molecular weight is 313 g/mol. The van der Waals surface area contributed by atoms with Gasteiger partial charge in [-0.15, -0.1) is 0 Å². The van der Waals surface area contributed by atoms with Crippen molar-refractivity contribution in [1.29, 1.82) is 0 Å². The van der Waals surface area contributed by atoms with Gasteiger partial charge in [-0.1, -0.05) is 29.3 Å². The summed E-state index contributed by atoms with van der Waals surface area (Å²) in [5.41, 5.74) is 1.07. The number of benzene rings is 2. The number of carbonyl (C=O) groups excluding carboxylic acids is 1. The Morgan fingerprint density at radius 1 is 1.20 bits per heavy atom. The van der Waals surface area contributed by atoms with E-state index in [2.05, 4.69) is 0 Å². The van der Waals surface area contributed by atoms with Crippen molar-refractivity contribution in [3.63, 3.8) is 0 Å². The molecule has 0 heterocycles. The molecular formula is C15H11Cl2FO2. The maximum Gasteiger partial charge on any atom is 0.170 e. The van der Waals surface area contributed by atoms with Gasteiger partial charge in [-0.2, -0.15) is 0 Å². The minimum absolute atomic E-state index is 0.00151. The Balaban J connectivity index is 2.25. The quantitative estimate of drug-likeness (QED) is 0.773. The molecule has 2 rings (SSSR count). The fourth-order valence-corrected chi connectivity index (χ4v) is 2.19. The molecule has 0 saturated carbocycles. The van der Waals surface area contributed by atoms with Gasteiger partial charge in [-0.3, -0.25) is 4.79 Å². The van der Waals surface area contributed by atoms with E-state index in [1.165, 1.54) is 25.3 Å². The van der Waals surface area contributed by atoms with E-state index in [-0.39, 0.29) is 17.2 Å². The maximum atomic E-state index is 13.1. The van der Waals surface area contributed by atoms with Gasteiger partial charge in [0.1, 0.15) is 11.6 Å². The number of halogens is 3. The number of ether oxygens (including phenoxy) is 1. The van der Waals surface area contributed by atoms with Crippen LogP contribution in [0.15, 0.2) is 36.4 Å². The van der Waals surface area contributed by atoms with Crippen molar-refractivity contribution in [2.45, 2.75) is 6.42 Å². The Labute approximate surface area is 126 Å². The molecule has 0 bridgehead atoms. The van der Waals surface area contributed by atoms with Gasteiger partial charge in [0.05, 0.1) is 17.7 Å². The first-order chi connectivity index (χ1) is 9.51. The third-order valence-corrected chi connectivity index (χ3v) is 3.34. The molecule has 0 spiro atoms.